The number of halogens is 1. The highest BCUT2D eigenvalue weighted by Gasteiger charge is 2.64. The monoisotopic (exact) mass is 1020 g/mol. The number of rotatable bonds is 21. The molecule has 0 spiro atoms. The van der Waals surface area contributed by atoms with Gasteiger partial charge in [0.25, 0.3) is 11.8 Å². The van der Waals surface area contributed by atoms with Gasteiger partial charge in [-0.05, 0) is 62.4 Å². The van der Waals surface area contributed by atoms with Crippen molar-refractivity contribution in [3.63, 3.8) is 0 Å². The number of nitrogens with zero attached hydrogens (tertiary/aromatic N) is 8. The fourth-order valence-corrected chi connectivity index (χ4v) is 11.3. The minimum atomic E-state index is -0.397. The molecule has 4 aliphatic rings. The molecule has 3 amide bonds. The maximum atomic E-state index is 13.4. The number of nitrogens with one attached hydrogen (secondary N) is 3. The van der Waals surface area contributed by atoms with Gasteiger partial charge in [0.2, 0.25) is 17.8 Å². The molecule has 20 heteroatoms. The summed E-state index contributed by atoms with van der Waals surface area (Å²) in [7, 11) is 3.32. The smallest absolute Gasteiger partial charge is 0.254 e. The van der Waals surface area contributed by atoms with Crippen LogP contribution < -0.4 is 40.1 Å². The molecule has 2 aromatic heterocycles. The van der Waals surface area contributed by atoms with Gasteiger partial charge < -0.3 is 54.3 Å². The number of benzene rings is 2. The predicted molar refractivity (Wildman–Crippen MR) is 277 cm³/mol. The number of carbonyl (C=O) groups excluding carboxylic acids is 3. The lowest BCUT2D eigenvalue weighted by molar-refractivity contribution is -0.164. The first-order chi connectivity index (χ1) is 35.1. The number of anilines is 5. The second-order valence-electron chi connectivity index (χ2n) is 20.2. The molecule has 1 saturated heterocycles. The number of methoxy groups -OCH3 is 1. The highest BCUT2D eigenvalue weighted by molar-refractivity contribution is 6.31. The highest BCUT2D eigenvalue weighted by Crippen LogP contribution is 2.55. The van der Waals surface area contributed by atoms with Crippen molar-refractivity contribution in [3.05, 3.63) is 76.7 Å². The molecule has 390 valence electrons. The van der Waals surface area contributed by atoms with Crippen LogP contribution in [0.4, 0.5) is 29.1 Å². The van der Waals surface area contributed by atoms with Crippen LogP contribution in [0.5, 0.6) is 11.5 Å². The molecule has 0 unspecified atom stereocenters. The first kappa shape index (κ1) is 53.0. The fraction of sp³-hybridized carbons (Fsp3) is 0.547. The van der Waals surface area contributed by atoms with E-state index in [-0.39, 0.29) is 48.1 Å². The molecule has 3 N–H and O–H groups in total. The van der Waals surface area contributed by atoms with Crippen LogP contribution in [0.15, 0.2) is 55.0 Å². The number of hydrogen-bond donors (Lipinski definition) is 3. The SMILES string of the molecule is CC[C@@H]1C(=O)N(C)c2cnc(Nc3ccc(C(=O)NCCOCCOCCOC4CCN(c5ncc(C(=O)NC6C(C)(C)C(Oc7ccc(C#N)c(Cl)c7)C6(C)C)cn5)CC4)cc3OC)nc2N1C1CCCC1. The molecule has 2 aliphatic heterocycles. The quantitative estimate of drug-likeness (QED) is 0.0709. The maximum Gasteiger partial charge on any atom is 0.254 e. The van der Waals surface area contributed by atoms with E-state index in [9.17, 15) is 19.6 Å². The van der Waals surface area contributed by atoms with Crippen LogP contribution in [0.25, 0.3) is 0 Å². The molecule has 73 heavy (non-hydrogen) atoms. The van der Waals surface area contributed by atoms with E-state index in [1.54, 1.807) is 74.0 Å². The van der Waals surface area contributed by atoms with Gasteiger partial charge in [0.1, 0.15) is 35.4 Å². The van der Waals surface area contributed by atoms with E-state index in [1.165, 1.54) is 0 Å². The van der Waals surface area contributed by atoms with Gasteiger partial charge in [0.15, 0.2) is 5.82 Å². The van der Waals surface area contributed by atoms with Crippen LogP contribution in [0.1, 0.15) is 106 Å². The number of aromatic nitrogens is 4. The van der Waals surface area contributed by atoms with Crippen LogP contribution >= 0.6 is 11.6 Å². The summed E-state index contributed by atoms with van der Waals surface area (Å²) in [4.78, 5) is 64.2. The molecule has 1 atom stereocenters. The Kier molecular flexibility index (Phi) is 16.9. The number of ether oxygens (including phenoxy) is 5. The summed E-state index contributed by atoms with van der Waals surface area (Å²) in [5.41, 5.74) is 1.70. The molecular weight excluding hydrogens is 954 g/mol. The molecule has 3 fully saturated rings. The van der Waals surface area contributed by atoms with Crippen LogP contribution in [0.2, 0.25) is 5.02 Å². The Hall–Kier alpha value is -6.33. The van der Waals surface area contributed by atoms with Crippen LogP contribution in [-0.4, -0.2) is 135 Å². The van der Waals surface area contributed by atoms with Gasteiger partial charge >= 0.3 is 0 Å². The minimum Gasteiger partial charge on any atom is -0.495 e. The van der Waals surface area contributed by atoms with E-state index in [0.29, 0.717) is 102 Å². The summed E-state index contributed by atoms with van der Waals surface area (Å²) in [6.07, 6.45) is 11.3. The standard InChI is InChI=1S/C53H68ClN11O8/c1-8-41-47(68)63(6)42-32-57-50(61-44(42)65(41)36-11-9-10-12-36)60-40-16-14-33(27-43(40)69-7)45(66)56-19-22-70-23-24-71-25-26-72-37-17-20-64(21-18-37)51-58-30-35(31-59-51)46(67)62-48-52(2,3)49(53(48,4)5)73-38-15-13-34(29-55)39(54)28-38/h13-16,27-28,30-32,36-37,41,48-49H,8-12,17-26H2,1-7H3,(H,56,66)(H,62,67)(H,57,60,61)/t41-,48?,49?/m1/s1. The van der Waals surface area contributed by atoms with E-state index >= 15 is 0 Å². The number of likely N-dealkylation sites (N-methyl/N-ethyl adjacent to an activating group) is 1. The Bertz CT molecular complexity index is 2620. The topological polar surface area (TPSA) is 219 Å². The lowest BCUT2D eigenvalue weighted by Crippen LogP contribution is -2.74. The van der Waals surface area contributed by atoms with Crippen molar-refractivity contribution < 1.29 is 38.1 Å². The Morgan fingerprint density at radius 2 is 1.58 bits per heavy atom. The third-order valence-corrected chi connectivity index (χ3v) is 15.0. The molecular formula is C53H68ClN11O8. The van der Waals surface area contributed by atoms with Crippen molar-refractivity contribution in [3.8, 4) is 17.6 Å². The summed E-state index contributed by atoms with van der Waals surface area (Å²) >= 11 is 6.25. The van der Waals surface area contributed by atoms with Gasteiger partial charge in [0.05, 0.1) is 74.3 Å². The summed E-state index contributed by atoms with van der Waals surface area (Å²) < 4.78 is 29.5. The highest BCUT2D eigenvalue weighted by atomic mass is 35.5. The summed E-state index contributed by atoms with van der Waals surface area (Å²) in [6, 6.07) is 12.0. The summed E-state index contributed by atoms with van der Waals surface area (Å²) in [5, 5.41) is 18.9. The van der Waals surface area contributed by atoms with Gasteiger partial charge in [-0.1, -0.05) is 59.1 Å². The van der Waals surface area contributed by atoms with Gasteiger partial charge in [-0.15, -0.1) is 0 Å². The van der Waals surface area contributed by atoms with Crippen LogP contribution in [0.3, 0.4) is 0 Å². The number of fused-ring (bicyclic) bond motifs is 1. The first-order valence-electron chi connectivity index (χ1n) is 25.3. The van der Waals surface area contributed by atoms with Crippen LogP contribution in [0, 0.1) is 22.2 Å². The van der Waals surface area contributed by atoms with E-state index in [1.807, 2.05) is 6.92 Å². The summed E-state index contributed by atoms with van der Waals surface area (Å²) in [6.45, 7) is 14.0. The Balaban J connectivity index is 0.688. The number of hydrogen-bond acceptors (Lipinski definition) is 16. The first-order valence-corrected chi connectivity index (χ1v) is 25.7. The lowest BCUT2D eigenvalue weighted by Gasteiger charge is -2.63. The third-order valence-electron chi connectivity index (χ3n) is 14.7. The molecule has 4 heterocycles. The third kappa shape index (κ3) is 11.7. The molecule has 0 bridgehead atoms. The van der Waals surface area contributed by atoms with Gasteiger partial charge in [-0.25, -0.2) is 15.0 Å². The molecule has 19 nitrogen and oxygen atoms in total. The van der Waals surface area contributed by atoms with Crippen molar-refractivity contribution in [1.29, 1.82) is 5.26 Å². The zero-order chi connectivity index (χ0) is 51.9. The van der Waals surface area contributed by atoms with E-state index in [4.69, 9.17) is 40.3 Å². The number of amides is 3. The maximum absolute atomic E-state index is 13.4. The Morgan fingerprint density at radius 3 is 2.25 bits per heavy atom. The largest absolute Gasteiger partial charge is 0.495 e. The van der Waals surface area contributed by atoms with Gasteiger partial charge in [0, 0.05) is 73.6 Å². The average molecular weight is 1020 g/mol. The Morgan fingerprint density at radius 1 is 0.877 bits per heavy atom. The predicted octanol–water partition coefficient (Wildman–Crippen LogP) is 7.11. The number of nitriles is 1. The zero-order valence-electron chi connectivity index (χ0n) is 42.9. The summed E-state index contributed by atoms with van der Waals surface area (Å²) in [5.74, 6) is 2.27. The molecule has 2 aromatic carbocycles. The van der Waals surface area contributed by atoms with Gasteiger partial charge in [-0.2, -0.15) is 10.2 Å². The van der Waals surface area contributed by atoms with Crippen molar-refractivity contribution >= 4 is 58.4 Å². The average Bonchev–Trinajstić information content (AvgIpc) is 3.93. The molecule has 2 saturated carbocycles. The molecule has 0 radical (unpaired) electrons. The fourth-order valence-electron chi connectivity index (χ4n) is 11.1. The van der Waals surface area contributed by atoms with E-state index in [2.05, 4.69) is 74.5 Å². The number of carbonyl (C=O) groups is 3. The van der Waals surface area contributed by atoms with E-state index < -0.39 is 10.8 Å². The van der Waals surface area contributed by atoms with Crippen molar-refractivity contribution in [2.24, 2.45) is 10.8 Å². The normalized spacial score (nSPS) is 20.5. The molecule has 8 rings (SSSR count). The van der Waals surface area contributed by atoms with Crippen molar-refractivity contribution in [1.82, 2.24) is 30.6 Å². The second-order valence-corrected chi connectivity index (χ2v) is 20.6. The van der Waals surface area contributed by atoms with Crippen molar-refractivity contribution in [2.75, 3.05) is 86.8 Å². The van der Waals surface area contributed by atoms with Gasteiger partial charge in [-0.3, -0.25) is 14.4 Å². The molecule has 2 aliphatic carbocycles. The van der Waals surface area contributed by atoms with Crippen molar-refractivity contribution in [2.45, 2.75) is 110 Å². The second kappa shape index (κ2) is 23.3. The Labute approximate surface area is 432 Å². The number of piperidine rings is 1. The minimum absolute atomic E-state index is 0.0596. The molecule has 4 aromatic rings. The van der Waals surface area contributed by atoms with Crippen LogP contribution in [-0.2, 0) is 19.0 Å². The van der Waals surface area contributed by atoms with E-state index in [0.717, 1.165) is 57.4 Å². The zero-order valence-corrected chi connectivity index (χ0v) is 43.7. The lowest BCUT2D eigenvalue weighted by atomic mass is 9.49.